The number of nitro groups is 1. The van der Waals surface area contributed by atoms with E-state index < -0.39 is 41.4 Å². The predicted molar refractivity (Wildman–Crippen MR) is 74.3 cm³/mol. The normalized spacial score (nSPS) is 32.7. The molecule has 8 nitrogen and oxygen atoms in total. The van der Waals surface area contributed by atoms with Crippen LogP contribution < -0.4 is 4.74 Å². The molecule has 116 valence electrons. The van der Waals surface area contributed by atoms with Gasteiger partial charge in [0, 0.05) is 12.1 Å². The van der Waals surface area contributed by atoms with Crippen molar-refractivity contribution in [3.8, 4) is 5.75 Å². The number of thiol groups is 1. The Kier molecular flexibility index (Phi) is 5.01. The highest BCUT2D eigenvalue weighted by Gasteiger charge is 2.43. The first-order chi connectivity index (χ1) is 9.93. The molecule has 0 saturated carbocycles. The fraction of sp³-hybridized carbons (Fsp3) is 0.500. The van der Waals surface area contributed by atoms with Crippen molar-refractivity contribution < 1.29 is 29.7 Å². The van der Waals surface area contributed by atoms with E-state index >= 15 is 0 Å². The number of benzene rings is 1. The third kappa shape index (κ3) is 3.44. The minimum atomic E-state index is -1.36. The van der Waals surface area contributed by atoms with Gasteiger partial charge in [0.25, 0.3) is 5.69 Å². The van der Waals surface area contributed by atoms with Gasteiger partial charge in [-0.2, -0.15) is 12.6 Å². The van der Waals surface area contributed by atoms with Crippen LogP contribution in [0.5, 0.6) is 5.75 Å². The Labute approximate surface area is 125 Å². The summed E-state index contributed by atoms with van der Waals surface area (Å²) >= 11 is 4.07. The maximum absolute atomic E-state index is 10.5. The summed E-state index contributed by atoms with van der Waals surface area (Å²) < 4.78 is 10.7. The fourth-order valence-corrected chi connectivity index (χ4v) is 2.29. The highest BCUT2D eigenvalue weighted by molar-refractivity contribution is 7.81. The molecule has 5 atom stereocenters. The Balaban J connectivity index is 2.08. The number of ether oxygens (including phenoxy) is 2. The molecule has 9 heteroatoms. The molecule has 1 saturated heterocycles. The first kappa shape index (κ1) is 16.0. The number of nitrogens with zero attached hydrogens (tertiary/aromatic N) is 1. The number of hydrogen-bond donors (Lipinski definition) is 4. The van der Waals surface area contributed by atoms with Crippen molar-refractivity contribution in [3.63, 3.8) is 0 Å². The largest absolute Gasteiger partial charge is 0.462 e. The number of rotatable bonds is 4. The van der Waals surface area contributed by atoms with E-state index in [9.17, 15) is 20.3 Å². The molecule has 0 aromatic heterocycles. The third-order valence-corrected chi connectivity index (χ3v) is 3.79. The van der Waals surface area contributed by atoms with Crippen molar-refractivity contribution >= 4 is 18.3 Å². The maximum atomic E-state index is 10.5. The lowest BCUT2D eigenvalue weighted by Crippen LogP contribution is -2.58. The lowest BCUT2D eigenvalue weighted by molar-refractivity contribution is -0.384. The van der Waals surface area contributed by atoms with Crippen LogP contribution in [0.15, 0.2) is 24.3 Å². The van der Waals surface area contributed by atoms with Crippen LogP contribution in [0.2, 0.25) is 0 Å². The van der Waals surface area contributed by atoms with Crippen molar-refractivity contribution in [2.24, 2.45) is 0 Å². The van der Waals surface area contributed by atoms with Gasteiger partial charge in [-0.15, -0.1) is 0 Å². The van der Waals surface area contributed by atoms with E-state index in [2.05, 4.69) is 12.6 Å². The summed E-state index contributed by atoms with van der Waals surface area (Å²) in [6, 6.07) is 5.18. The molecule has 1 aliphatic rings. The standard InChI is InChI=1S/C12H15NO7S/c14-5-8-11(21)9(15)10(16)12(20-8)19-7-3-1-6(2-4-7)13(17)18/h1-4,8-12,14-16,21H,5H2/t8-,9-,10-,11-,12+/m1/s1. The topological polar surface area (TPSA) is 122 Å². The predicted octanol–water partition coefficient (Wildman–Crippen LogP) is -0.289. The second-order valence-electron chi connectivity index (χ2n) is 4.57. The molecular weight excluding hydrogens is 302 g/mol. The molecule has 1 heterocycles. The molecule has 21 heavy (non-hydrogen) atoms. The quantitative estimate of drug-likeness (QED) is 0.342. The molecule has 0 radical (unpaired) electrons. The summed E-state index contributed by atoms with van der Waals surface area (Å²) in [5.74, 6) is 0.228. The highest BCUT2D eigenvalue weighted by Crippen LogP contribution is 2.27. The Morgan fingerprint density at radius 2 is 1.90 bits per heavy atom. The van der Waals surface area contributed by atoms with E-state index in [1.807, 2.05) is 0 Å². The van der Waals surface area contributed by atoms with E-state index in [-0.39, 0.29) is 11.4 Å². The van der Waals surface area contributed by atoms with E-state index in [1.54, 1.807) is 0 Å². The number of aliphatic hydroxyl groups is 3. The zero-order valence-electron chi connectivity index (χ0n) is 10.8. The van der Waals surface area contributed by atoms with Gasteiger partial charge in [0.1, 0.15) is 18.0 Å². The number of hydrogen-bond acceptors (Lipinski definition) is 8. The van der Waals surface area contributed by atoms with Gasteiger partial charge in [0.15, 0.2) is 0 Å². The average Bonchev–Trinajstić information content (AvgIpc) is 2.48. The van der Waals surface area contributed by atoms with Crippen LogP contribution in [-0.2, 0) is 4.74 Å². The van der Waals surface area contributed by atoms with Crippen LogP contribution in [0, 0.1) is 10.1 Å². The minimum absolute atomic E-state index is 0.101. The van der Waals surface area contributed by atoms with Gasteiger partial charge in [0.05, 0.1) is 22.9 Å². The van der Waals surface area contributed by atoms with Gasteiger partial charge >= 0.3 is 0 Å². The third-order valence-electron chi connectivity index (χ3n) is 3.15. The van der Waals surface area contributed by atoms with Gasteiger partial charge in [-0.3, -0.25) is 10.1 Å². The Hall–Kier alpha value is -1.39. The van der Waals surface area contributed by atoms with Gasteiger partial charge in [-0.1, -0.05) is 0 Å². The van der Waals surface area contributed by atoms with Gasteiger partial charge < -0.3 is 24.8 Å². The molecule has 2 rings (SSSR count). The summed E-state index contributed by atoms with van der Waals surface area (Å²) in [7, 11) is 0. The Morgan fingerprint density at radius 3 is 2.43 bits per heavy atom. The SMILES string of the molecule is O=[N+]([O-])c1ccc(O[C@H]2O[C@H](CO)[C@@H](S)[C@H](O)[C@H]2O)cc1. The monoisotopic (exact) mass is 317 g/mol. The van der Waals surface area contributed by atoms with Crippen molar-refractivity contribution in [1.82, 2.24) is 0 Å². The van der Waals surface area contributed by atoms with Crippen LogP contribution >= 0.6 is 12.6 Å². The number of non-ortho nitro benzene ring substituents is 1. The van der Waals surface area contributed by atoms with E-state index in [1.165, 1.54) is 24.3 Å². The van der Waals surface area contributed by atoms with Gasteiger partial charge in [-0.25, -0.2) is 0 Å². The maximum Gasteiger partial charge on any atom is 0.269 e. The van der Waals surface area contributed by atoms with Crippen LogP contribution in [0.3, 0.4) is 0 Å². The average molecular weight is 317 g/mol. The van der Waals surface area contributed by atoms with Crippen molar-refractivity contribution in [2.75, 3.05) is 6.61 Å². The highest BCUT2D eigenvalue weighted by atomic mass is 32.1. The molecular formula is C12H15NO7S. The molecule has 0 spiro atoms. The zero-order valence-corrected chi connectivity index (χ0v) is 11.7. The second kappa shape index (κ2) is 6.58. The van der Waals surface area contributed by atoms with Crippen LogP contribution in [-0.4, -0.2) is 56.7 Å². The van der Waals surface area contributed by atoms with Crippen molar-refractivity contribution in [3.05, 3.63) is 34.4 Å². The summed E-state index contributed by atoms with van der Waals surface area (Å²) in [5.41, 5.74) is -0.101. The number of nitro benzene ring substituents is 1. The molecule has 0 unspecified atom stereocenters. The van der Waals surface area contributed by atoms with Crippen molar-refractivity contribution in [2.45, 2.75) is 29.9 Å². The molecule has 0 amide bonds. The molecule has 1 fully saturated rings. The summed E-state index contributed by atoms with van der Waals surface area (Å²) in [6.07, 6.45) is -4.59. The summed E-state index contributed by atoms with van der Waals surface area (Å²) in [5, 5.41) is 38.7. The molecule has 0 bridgehead atoms. The molecule has 3 N–H and O–H groups in total. The van der Waals surface area contributed by atoms with Crippen LogP contribution in [0.1, 0.15) is 0 Å². The summed E-state index contributed by atoms with van der Waals surface area (Å²) in [4.78, 5) is 10.00. The van der Waals surface area contributed by atoms with E-state index in [4.69, 9.17) is 14.6 Å². The van der Waals surface area contributed by atoms with Crippen molar-refractivity contribution in [1.29, 1.82) is 0 Å². The Bertz CT molecular complexity index is 495. The first-order valence-electron chi connectivity index (χ1n) is 6.15. The van der Waals surface area contributed by atoms with E-state index in [0.29, 0.717) is 0 Å². The molecule has 1 aromatic carbocycles. The lowest BCUT2D eigenvalue weighted by Gasteiger charge is -2.39. The van der Waals surface area contributed by atoms with E-state index in [0.717, 1.165) is 0 Å². The zero-order chi connectivity index (χ0) is 15.6. The number of aliphatic hydroxyl groups excluding tert-OH is 3. The van der Waals surface area contributed by atoms with Gasteiger partial charge in [-0.05, 0) is 12.1 Å². The first-order valence-corrected chi connectivity index (χ1v) is 6.67. The smallest absolute Gasteiger partial charge is 0.269 e. The van der Waals surface area contributed by atoms with Crippen LogP contribution in [0.4, 0.5) is 5.69 Å². The molecule has 1 aliphatic heterocycles. The minimum Gasteiger partial charge on any atom is -0.462 e. The molecule has 0 aliphatic carbocycles. The van der Waals surface area contributed by atoms with Crippen LogP contribution in [0.25, 0.3) is 0 Å². The second-order valence-corrected chi connectivity index (χ2v) is 5.16. The molecule has 1 aromatic rings. The van der Waals surface area contributed by atoms with Gasteiger partial charge in [0.2, 0.25) is 6.29 Å². The Morgan fingerprint density at radius 1 is 1.29 bits per heavy atom. The lowest BCUT2D eigenvalue weighted by atomic mass is 10.0. The summed E-state index contributed by atoms with van der Waals surface area (Å²) in [6.45, 7) is -0.391. The fourth-order valence-electron chi connectivity index (χ4n) is 1.95.